The highest BCUT2D eigenvalue weighted by Gasteiger charge is 2.05. The van der Waals surface area contributed by atoms with Crippen molar-refractivity contribution < 1.29 is 19.5 Å². The Morgan fingerprint density at radius 1 is 1.06 bits per heavy atom. The SMILES string of the molecule is O=C(O)/C=C\C(=O)NNC(=O)c1ccc(Cl)cc1. The third kappa shape index (κ3) is 4.67. The maximum absolute atomic E-state index is 11.5. The zero-order chi connectivity index (χ0) is 13.5. The fourth-order valence-electron chi connectivity index (χ4n) is 0.980. The molecular formula is C11H9ClN2O4. The summed E-state index contributed by atoms with van der Waals surface area (Å²) in [5.41, 5.74) is 4.45. The van der Waals surface area contributed by atoms with Gasteiger partial charge in [-0.1, -0.05) is 11.6 Å². The van der Waals surface area contributed by atoms with E-state index < -0.39 is 17.8 Å². The summed E-state index contributed by atoms with van der Waals surface area (Å²) in [7, 11) is 0. The van der Waals surface area contributed by atoms with Gasteiger partial charge in [0.15, 0.2) is 0 Å². The highest BCUT2D eigenvalue weighted by atomic mass is 35.5. The quantitative estimate of drug-likeness (QED) is 0.557. The van der Waals surface area contributed by atoms with E-state index in [1.165, 1.54) is 24.3 Å². The summed E-state index contributed by atoms with van der Waals surface area (Å²) in [6, 6.07) is 6.03. The normalized spacial score (nSPS) is 10.1. The van der Waals surface area contributed by atoms with Crippen LogP contribution in [0.2, 0.25) is 5.02 Å². The van der Waals surface area contributed by atoms with Crippen LogP contribution in [0.5, 0.6) is 0 Å². The second kappa shape index (κ2) is 6.41. The second-order valence-electron chi connectivity index (χ2n) is 3.12. The molecule has 1 aromatic rings. The number of carboxylic acid groups (broad SMARTS) is 1. The topological polar surface area (TPSA) is 95.5 Å². The van der Waals surface area contributed by atoms with Crippen molar-refractivity contribution in [2.45, 2.75) is 0 Å². The number of hydrogen-bond acceptors (Lipinski definition) is 3. The molecule has 1 rings (SSSR count). The summed E-state index contributed by atoms with van der Waals surface area (Å²) in [5.74, 6) is -2.54. The highest BCUT2D eigenvalue weighted by molar-refractivity contribution is 6.30. The van der Waals surface area contributed by atoms with E-state index in [0.29, 0.717) is 16.7 Å². The first kappa shape index (κ1) is 13.7. The van der Waals surface area contributed by atoms with Crippen LogP contribution in [0.15, 0.2) is 36.4 Å². The minimum Gasteiger partial charge on any atom is -0.478 e. The van der Waals surface area contributed by atoms with Gasteiger partial charge in [-0.15, -0.1) is 0 Å². The van der Waals surface area contributed by atoms with Crippen LogP contribution in [-0.4, -0.2) is 22.9 Å². The highest BCUT2D eigenvalue weighted by Crippen LogP contribution is 2.08. The molecule has 0 saturated carbocycles. The van der Waals surface area contributed by atoms with Gasteiger partial charge in [-0.05, 0) is 24.3 Å². The number of carbonyl (C=O) groups is 3. The molecule has 2 amide bonds. The van der Waals surface area contributed by atoms with Gasteiger partial charge in [-0.25, -0.2) is 4.79 Å². The molecule has 3 N–H and O–H groups in total. The molecule has 7 heteroatoms. The lowest BCUT2D eigenvalue weighted by Gasteiger charge is -2.04. The number of rotatable bonds is 3. The first-order valence-electron chi connectivity index (χ1n) is 4.76. The molecule has 0 aliphatic heterocycles. The van der Waals surface area contributed by atoms with E-state index >= 15 is 0 Å². The van der Waals surface area contributed by atoms with Crippen molar-refractivity contribution in [3.63, 3.8) is 0 Å². The number of aliphatic carboxylic acids is 1. The maximum atomic E-state index is 11.5. The summed E-state index contributed by atoms with van der Waals surface area (Å²) < 4.78 is 0. The van der Waals surface area contributed by atoms with Gasteiger partial charge in [0.05, 0.1) is 0 Å². The van der Waals surface area contributed by atoms with Crippen LogP contribution in [-0.2, 0) is 9.59 Å². The average Bonchev–Trinajstić information content (AvgIpc) is 2.34. The van der Waals surface area contributed by atoms with Crippen molar-refractivity contribution >= 4 is 29.4 Å². The predicted molar refractivity (Wildman–Crippen MR) is 63.8 cm³/mol. The van der Waals surface area contributed by atoms with Crippen LogP contribution >= 0.6 is 11.6 Å². The van der Waals surface area contributed by atoms with Crippen LogP contribution in [0, 0.1) is 0 Å². The van der Waals surface area contributed by atoms with Crippen LogP contribution in [0.25, 0.3) is 0 Å². The molecule has 0 saturated heterocycles. The number of nitrogens with one attached hydrogen (secondary N) is 2. The number of hydrazine groups is 1. The third-order valence-corrected chi connectivity index (χ3v) is 2.03. The molecule has 0 aliphatic rings. The number of amides is 2. The number of benzene rings is 1. The van der Waals surface area contributed by atoms with Crippen molar-refractivity contribution in [2.24, 2.45) is 0 Å². The van der Waals surface area contributed by atoms with E-state index in [1.807, 2.05) is 5.43 Å². The van der Waals surface area contributed by atoms with Crippen LogP contribution in [0.4, 0.5) is 0 Å². The largest absolute Gasteiger partial charge is 0.478 e. The molecule has 0 bridgehead atoms. The molecule has 0 unspecified atom stereocenters. The standard InChI is InChI=1S/C11H9ClN2O4/c12-8-3-1-7(2-4-8)11(18)14-13-9(15)5-6-10(16)17/h1-6H,(H,13,15)(H,14,18)(H,16,17)/b6-5-. The van der Waals surface area contributed by atoms with Crippen molar-refractivity contribution in [3.8, 4) is 0 Å². The number of carboxylic acids is 1. The Hall–Kier alpha value is -2.34. The lowest BCUT2D eigenvalue weighted by atomic mass is 10.2. The van der Waals surface area contributed by atoms with Gasteiger partial charge in [0.25, 0.3) is 11.8 Å². The Kier molecular flexibility index (Phi) is 4.89. The van der Waals surface area contributed by atoms with Gasteiger partial charge >= 0.3 is 5.97 Å². The zero-order valence-electron chi connectivity index (χ0n) is 9.01. The smallest absolute Gasteiger partial charge is 0.328 e. The monoisotopic (exact) mass is 268 g/mol. The number of carbonyl (C=O) groups excluding carboxylic acids is 2. The fraction of sp³-hybridized carbons (Fsp3) is 0. The van der Waals surface area contributed by atoms with E-state index in [0.717, 1.165) is 6.08 Å². The summed E-state index contributed by atoms with van der Waals surface area (Å²) in [6.45, 7) is 0. The van der Waals surface area contributed by atoms with E-state index in [1.54, 1.807) is 0 Å². The van der Waals surface area contributed by atoms with Crippen molar-refractivity contribution in [1.82, 2.24) is 10.9 Å². The van der Waals surface area contributed by atoms with Crippen LogP contribution in [0.3, 0.4) is 0 Å². The van der Waals surface area contributed by atoms with Gasteiger partial charge < -0.3 is 5.11 Å². The number of hydrogen-bond donors (Lipinski definition) is 3. The van der Waals surface area contributed by atoms with Crippen molar-refractivity contribution in [2.75, 3.05) is 0 Å². The molecule has 0 fully saturated rings. The Bertz CT molecular complexity index is 496. The number of halogens is 1. The summed E-state index contributed by atoms with van der Waals surface area (Å²) in [5, 5.41) is 8.76. The molecule has 1 aromatic carbocycles. The molecule has 0 atom stereocenters. The van der Waals surface area contributed by atoms with E-state index in [-0.39, 0.29) is 0 Å². The van der Waals surface area contributed by atoms with Gasteiger partial charge in [0.2, 0.25) is 0 Å². The minimum atomic E-state index is -1.26. The Balaban J connectivity index is 2.49. The van der Waals surface area contributed by atoms with E-state index in [9.17, 15) is 14.4 Å². The van der Waals surface area contributed by atoms with Crippen molar-refractivity contribution in [3.05, 3.63) is 47.0 Å². The molecule has 94 valence electrons. The maximum Gasteiger partial charge on any atom is 0.328 e. The Labute approximate surface area is 107 Å². The predicted octanol–water partition coefficient (Wildman–Crippen LogP) is 0.742. The van der Waals surface area contributed by atoms with E-state index in [4.69, 9.17) is 16.7 Å². The summed E-state index contributed by atoms with van der Waals surface area (Å²) >= 11 is 5.65. The van der Waals surface area contributed by atoms with Gasteiger partial charge in [-0.3, -0.25) is 20.4 Å². The third-order valence-electron chi connectivity index (χ3n) is 1.78. The van der Waals surface area contributed by atoms with Gasteiger partial charge in [0.1, 0.15) is 0 Å². The molecular weight excluding hydrogens is 260 g/mol. The summed E-state index contributed by atoms with van der Waals surface area (Å²) in [6.07, 6.45) is 1.44. The second-order valence-corrected chi connectivity index (χ2v) is 3.56. The Morgan fingerprint density at radius 2 is 1.67 bits per heavy atom. The van der Waals surface area contributed by atoms with Crippen LogP contribution in [0.1, 0.15) is 10.4 Å². The molecule has 0 heterocycles. The van der Waals surface area contributed by atoms with Gasteiger partial charge in [-0.2, -0.15) is 0 Å². The lowest BCUT2D eigenvalue weighted by Crippen LogP contribution is -2.40. The minimum absolute atomic E-state index is 0.307. The van der Waals surface area contributed by atoms with Gasteiger partial charge in [0, 0.05) is 22.7 Å². The fourth-order valence-corrected chi connectivity index (χ4v) is 1.11. The first-order chi connectivity index (χ1) is 8.49. The Morgan fingerprint density at radius 3 is 2.22 bits per heavy atom. The first-order valence-corrected chi connectivity index (χ1v) is 5.13. The molecule has 0 aliphatic carbocycles. The van der Waals surface area contributed by atoms with E-state index in [2.05, 4.69) is 5.43 Å². The molecule has 0 spiro atoms. The van der Waals surface area contributed by atoms with Crippen molar-refractivity contribution in [1.29, 1.82) is 0 Å². The molecule has 18 heavy (non-hydrogen) atoms. The molecule has 0 radical (unpaired) electrons. The molecule has 6 nitrogen and oxygen atoms in total. The van der Waals surface area contributed by atoms with Crippen LogP contribution < -0.4 is 10.9 Å². The average molecular weight is 269 g/mol. The zero-order valence-corrected chi connectivity index (χ0v) is 9.77. The lowest BCUT2D eigenvalue weighted by molar-refractivity contribution is -0.131. The summed E-state index contributed by atoms with van der Waals surface area (Å²) in [4.78, 5) is 32.7. The molecule has 0 aromatic heterocycles.